The molecule has 126 valence electrons. The minimum Gasteiger partial charge on any atom is -0.478 e. The zero-order valence-electron chi connectivity index (χ0n) is 11.6. The fourth-order valence-corrected chi connectivity index (χ4v) is 5.10. The Kier molecular flexibility index (Phi) is 7.07. The first kappa shape index (κ1) is 20.1. The van der Waals surface area contributed by atoms with Crippen LogP contribution in [0.5, 0.6) is 0 Å². The molecule has 1 N–H and O–H groups in total. The van der Waals surface area contributed by atoms with Crippen LogP contribution in [0.2, 0.25) is 0 Å². The van der Waals surface area contributed by atoms with E-state index in [2.05, 4.69) is 79.6 Å². The Labute approximate surface area is 179 Å². The molecule has 9 heteroatoms. The second-order valence-corrected chi connectivity index (χ2v) is 8.47. The number of benzene rings is 2. The zero-order chi connectivity index (χ0) is 18.0. The molecule has 0 aromatic heterocycles. The van der Waals surface area contributed by atoms with Crippen molar-refractivity contribution in [2.24, 2.45) is 0 Å². The number of carboxylic acids is 1. The lowest BCUT2D eigenvalue weighted by atomic mass is 10.1. The maximum absolute atomic E-state index is 12.1. The van der Waals surface area contributed by atoms with Crippen molar-refractivity contribution in [1.82, 2.24) is 0 Å². The van der Waals surface area contributed by atoms with Crippen LogP contribution in [0, 0.1) is 0 Å². The van der Waals surface area contributed by atoms with Gasteiger partial charge in [0.25, 0.3) is 0 Å². The maximum Gasteiger partial charge on any atom is 0.338 e. The lowest BCUT2D eigenvalue weighted by Gasteiger charge is -2.14. The van der Waals surface area contributed by atoms with Crippen molar-refractivity contribution >= 4 is 91.6 Å². The molecule has 0 amide bonds. The van der Waals surface area contributed by atoms with E-state index in [1.807, 2.05) is 0 Å². The van der Waals surface area contributed by atoms with E-state index in [9.17, 15) is 9.59 Å². The van der Waals surface area contributed by atoms with Crippen LogP contribution >= 0.6 is 79.6 Å². The van der Waals surface area contributed by atoms with Crippen molar-refractivity contribution in [3.05, 3.63) is 63.3 Å². The highest BCUT2D eigenvalue weighted by Gasteiger charge is 2.19. The molecule has 2 rings (SSSR count). The molecule has 0 saturated carbocycles. The van der Waals surface area contributed by atoms with Gasteiger partial charge in [0.05, 0.1) is 11.1 Å². The normalized spacial score (nSPS) is 10.5. The molecule has 0 bridgehead atoms. The molecular formula is C15H7Br5O4. The Balaban J connectivity index is 2.19. The first-order chi connectivity index (χ1) is 11.2. The average molecular weight is 651 g/mol. The number of rotatable bonds is 4. The number of hydrogen-bond donors (Lipinski definition) is 1. The van der Waals surface area contributed by atoms with Crippen LogP contribution in [0.4, 0.5) is 0 Å². The van der Waals surface area contributed by atoms with Crippen LogP contribution in [-0.2, 0) is 11.3 Å². The fraction of sp³-hybridized carbons (Fsp3) is 0.0667. The van der Waals surface area contributed by atoms with Gasteiger partial charge in [-0.05, 0) is 104 Å². The van der Waals surface area contributed by atoms with Gasteiger partial charge in [0.15, 0.2) is 0 Å². The Morgan fingerprint density at radius 1 is 0.792 bits per heavy atom. The summed E-state index contributed by atoms with van der Waals surface area (Å²) in [6.45, 7) is 0.0329. The number of carbonyl (C=O) groups excluding carboxylic acids is 1. The van der Waals surface area contributed by atoms with E-state index >= 15 is 0 Å². The molecule has 0 radical (unpaired) electrons. The first-order valence-corrected chi connectivity index (χ1v) is 10.2. The van der Waals surface area contributed by atoms with E-state index < -0.39 is 11.9 Å². The highest BCUT2D eigenvalue weighted by molar-refractivity contribution is 9.15. The van der Waals surface area contributed by atoms with E-state index in [-0.39, 0.29) is 17.7 Å². The number of carboxylic acid groups (broad SMARTS) is 1. The Morgan fingerprint density at radius 2 is 1.21 bits per heavy atom. The third kappa shape index (κ3) is 4.30. The second kappa shape index (κ2) is 8.44. The average Bonchev–Trinajstić information content (AvgIpc) is 2.58. The number of ether oxygens (including phenoxy) is 1. The van der Waals surface area contributed by atoms with Gasteiger partial charge in [-0.3, -0.25) is 0 Å². The smallest absolute Gasteiger partial charge is 0.338 e. The Bertz CT molecular complexity index is 789. The summed E-state index contributed by atoms with van der Waals surface area (Å²) in [5.74, 6) is -1.59. The molecule has 0 unspecified atom stereocenters. The van der Waals surface area contributed by atoms with Gasteiger partial charge in [0.2, 0.25) is 0 Å². The summed E-state index contributed by atoms with van der Waals surface area (Å²) in [5, 5.41) is 8.86. The molecule has 0 atom stereocenters. The third-order valence-corrected chi connectivity index (χ3v) is 9.27. The monoisotopic (exact) mass is 646 g/mol. The molecule has 0 fully saturated rings. The van der Waals surface area contributed by atoms with E-state index in [0.29, 0.717) is 0 Å². The summed E-state index contributed by atoms with van der Waals surface area (Å²) in [5.41, 5.74) is 1.13. The van der Waals surface area contributed by atoms with Gasteiger partial charge in [-0.2, -0.15) is 0 Å². The summed E-state index contributed by atoms with van der Waals surface area (Å²) in [4.78, 5) is 22.9. The van der Waals surface area contributed by atoms with Crippen LogP contribution < -0.4 is 0 Å². The summed E-state index contributed by atoms with van der Waals surface area (Å²) in [6, 6.07) is 5.56. The van der Waals surface area contributed by atoms with Gasteiger partial charge < -0.3 is 9.84 Å². The van der Waals surface area contributed by atoms with E-state index in [0.717, 1.165) is 27.9 Å². The molecule has 4 nitrogen and oxygen atoms in total. The number of carbonyl (C=O) groups is 2. The summed E-state index contributed by atoms with van der Waals surface area (Å²) in [7, 11) is 0. The predicted molar refractivity (Wildman–Crippen MR) is 107 cm³/mol. The molecule has 0 aliphatic rings. The molecule has 0 aliphatic heterocycles. The molecule has 0 saturated heterocycles. The van der Waals surface area contributed by atoms with Crippen LogP contribution in [0.1, 0.15) is 26.3 Å². The molecule has 0 aliphatic carbocycles. The number of hydrogen-bond acceptors (Lipinski definition) is 3. The summed E-state index contributed by atoms with van der Waals surface area (Å²) in [6.07, 6.45) is 0. The lowest BCUT2D eigenvalue weighted by Crippen LogP contribution is -2.07. The number of esters is 1. The van der Waals surface area contributed by atoms with Gasteiger partial charge in [-0.15, -0.1) is 0 Å². The SMILES string of the molecule is O=C(O)c1ccc(C(=O)OCc2c(Br)c(Br)c(Br)c(Br)c2Br)cc1. The van der Waals surface area contributed by atoms with Crippen molar-refractivity contribution in [3.8, 4) is 0 Å². The quantitative estimate of drug-likeness (QED) is 0.232. The minimum atomic E-state index is -1.05. The van der Waals surface area contributed by atoms with Gasteiger partial charge in [0.1, 0.15) is 6.61 Å². The van der Waals surface area contributed by atoms with Crippen molar-refractivity contribution in [2.75, 3.05) is 0 Å². The zero-order valence-corrected chi connectivity index (χ0v) is 19.5. The summed E-state index contributed by atoms with van der Waals surface area (Å²) >= 11 is 17.3. The van der Waals surface area contributed by atoms with Crippen LogP contribution in [0.15, 0.2) is 46.6 Å². The van der Waals surface area contributed by atoms with Crippen LogP contribution in [0.3, 0.4) is 0 Å². The van der Waals surface area contributed by atoms with Gasteiger partial charge in [-0.25, -0.2) is 9.59 Å². The fourth-order valence-electron chi connectivity index (χ4n) is 1.75. The highest BCUT2D eigenvalue weighted by atomic mass is 79.9. The molecular weight excluding hydrogens is 644 g/mol. The van der Waals surface area contributed by atoms with Gasteiger partial charge in [-0.1, -0.05) is 0 Å². The predicted octanol–water partition coefficient (Wildman–Crippen LogP) is 6.55. The van der Waals surface area contributed by atoms with Crippen molar-refractivity contribution in [3.63, 3.8) is 0 Å². The van der Waals surface area contributed by atoms with E-state index in [4.69, 9.17) is 9.84 Å². The van der Waals surface area contributed by atoms with Crippen molar-refractivity contribution < 1.29 is 19.4 Å². The lowest BCUT2D eigenvalue weighted by molar-refractivity contribution is 0.0470. The molecule has 0 heterocycles. The van der Waals surface area contributed by atoms with Gasteiger partial charge >= 0.3 is 11.9 Å². The third-order valence-electron chi connectivity index (χ3n) is 3.02. The minimum absolute atomic E-state index is 0.0329. The van der Waals surface area contributed by atoms with Crippen molar-refractivity contribution in [2.45, 2.75) is 6.61 Å². The standard InChI is InChI=1S/C15H7Br5O4/c16-9-8(10(17)12(19)13(20)11(9)18)5-24-15(23)7-3-1-6(2-4-7)14(21)22/h1-4H,5H2,(H,21,22). The largest absolute Gasteiger partial charge is 0.478 e. The Hall–Kier alpha value is -0.220. The maximum atomic E-state index is 12.1. The topological polar surface area (TPSA) is 63.6 Å². The molecule has 0 spiro atoms. The van der Waals surface area contributed by atoms with E-state index in [1.54, 1.807) is 0 Å². The molecule has 2 aromatic carbocycles. The van der Waals surface area contributed by atoms with Crippen LogP contribution in [0.25, 0.3) is 0 Å². The Morgan fingerprint density at radius 3 is 1.67 bits per heavy atom. The second-order valence-electron chi connectivity index (χ2n) is 4.51. The van der Waals surface area contributed by atoms with E-state index in [1.165, 1.54) is 24.3 Å². The van der Waals surface area contributed by atoms with Crippen molar-refractivity contribution in [1.29, 1.82) is 0 Å². The number of halogens is 5. The van der Waals surface area contributed by atoms with Crippen LogP contribution in [-0.4, -0.2) is 17.0 Å². The number of aromatic carboxylic acids is 1. The summed E-state index contributed by atoms with van der Waals surface area (Å²) < 4.78 is 9.21. The van der Waals surface area contributed by atoms with Gasteiger partial charge in [0, 0.05) is 27.9 Å². The molecule has 2 aromatic rings. The molecule has 24 heavy (non-hydrogen) atoms. The first-order valence-electron chi connectivity index (χ1n) is 6.24. The highest BCUT2D eigenvalue weighted by Crippen LogP contribution is 2.44.